The zero-order valence-electron chi connectivity index (χ0n) is 17.6. The molecule has 2 amide bonds. The van der Waals surface area contributed by atoms with E-state index in [4.69, 9.17) is 4.74 Å². The number of rotatable bonds is 5. The molecule has 0 bridgehead atoms. The molecule has 29 heavy (non-hydrogen) atoms. The third-order valence-electron chi connectivity index (χ3n) is 5.76. The Morgan fingerprint density at radius 2 is 1.86 bits per heavy atom. The second-order valence-corrected chi connectivity index (χ2v) is 7.81. The van der Waals surface area contributed by atoms with Crippen molar-refractivity contribution in [2.75, 3.05) is 26.2 Å². The van der Waals surface area contributed by atoms with Gasteiger partial charge in [0.05, 0.1) is 12.2 Å². The zero-order valence-corrected chi connectivity index (χ0v) is 17.6. The SMILES string of the molecule is CCOC(=O)C1=C(C)N(CC(=O)N2CCCCC2)C(=O)CC1c1cccc(C)c1. The van der Waals surface area contributed by atoms with Crippen LogP contribution in [0.4, 0.5) is 0 Å². The summed E-state index contributed by atoms with van der Waals surface area (Å²) in [6.45, 7) is 7.21. The average molecular weight is 399 g/mol. The predicted molar refractivity (Wildman–Crippen MR) is 110 cm³/mol. The summed E-state index contributed by atoms with van der Waals surface area (Å²) in [6, 6.07) is 7.85. The lowest BCUT2D eigenvalue weighted by Crippen LogP contribution is -2.46. The van der Waals surface area contributed by atoms with Gasteiger partial charge in [-0.1, -0.05) is 29.8 Å². The van der Waals surface area contributed by atoms with Crippen molar-refractivity contribution >= 4 is 17.8 Å². The van der Waals surface area contributed by atoms with Crippen LogP contribution >= 0.6 is 0 Å². The molecule has 6 nitrogen and oxygen atoms in total. The highest BCUT2D eigenvalue weighted by Crippen LogP contribution is 2.37. The van der Waals surface area contributed by atoms with Crippen LogP contribution in [0.3, 0.4) is 0 Å². The maximum absolute atomic E-state index is 13.0. The van der Waals surface area contributed by atoms with Crippen molar-refractivity contribution in [2.24, 2.45) is 0 Å². The van der Waals surface area contributed by atoms with Crippen molar-refractivity contribution in [2.45, 2.75) is 52.4 Å². The molecule has 2 aliphatic rings. The third kappa shape index (κ3) is 4.69. The lowest BCUT2D eigenvalue weighted by atomic mass is 9.83. The van der Waals surface area contributed by atoms with Crippen molar-refractivity contribution in [1.29, 1.82) is 0 Å². The van der Waals surface area contributed by atoms with Crippen molar-refractivity contribution in [3.63, 3.8) is 0 Å². The maximum atomic E-state index is 13.0. The summed E-state index contributed by atoms with van der Waals surface area (Å²) in [7, 11) is 0. The Labute approximate surface area is 172 Å². The summed E-state index contributed by atoms with van der Waals surface area (Å²) >= 11 is 0. The summed E-state index contributed by atoms with van der Waals surface area (Å²) in [4.78, 5) is 41.8. The number of piperidine rings is 1. The van der Waals surface area contributed by atoms with E-state index in [-0.39, 0.29) is 37.3 Å². The molecule has 1 aromatic carbocycles. The Morgan fingerprint density at radius 1 is 1.14 bits per heavy atom. The monoisotopic (exact) mass is 398 g/mol. The number of ether oxygens (including phenoxy) is 1. The molecular weight excluding hydrogens is 368 g/mol. The molecule has 1 aromatic rings. The summed E-state index contributed by atoms with van der Waals surface area (Å²) in [6.07, 6.45) is 3.29. The first-order valence-electron chi connectivity index (χ1n) is 10.4. The van der Waals surface area contributed by atoms with Crippen LogP contribution in [0.25, 0.3) is 0 Å². The Balaban J connectivity index is 1.93. The highest BCUT2D eigenvalue weighted by molar-refractivity contribution is 5.97. The van der Waals surface area contributed by atoms with Crippen LogP contribution in [0.15, 0.2) is 35.5 Å². The van der Waals surface area contributed by atoms with E-state index in [1.165, 1.54) is 4.90 Å². The molecule has 1 saturated heterocycles. The van der Waals surface area contributed by atoms with Gasteiger partial charge in [-0.3, -0.25) is 9.59 Å². The van der Waals surface area contributed by atoms with E-state index in [0.29, 0.717) is 11.3 Å². The van der Waals surface area contributed by atoms with E-state index in [9.17, 15) is 14.4 Å². The van der Waals surface area contributed by atoms with Crippen LogP contribution in [0.1, 0.15) is 56.6 Å². The molecule has 2 heterocycles. The van der Waals surface area contributed by atoms with Crippen molar-refractivity contribution in [1.82, 2.24) is 9.80 Å². The Hall–Kier alpha value is -2.63. The number of aryl methyl sites for hydroxylation is 1. The van der Waals surface area contributed by atoms with Crippen LogP contribution < -0.4 is 0 Å². The number of hydrogen-bond acceptors (Lipinski definition) is 4. The number of esters is 1. The summed E-state index contributed by atoms with van der Waals surface area (Å²) in [5.41, 5.74) is 2.99. The number of carbonyl (C=O) groups is 3. The van der Waals surface area contributed by atoms with Crippen LogP contribution in [0.5, 0.6) is 0 Å². The van der Waals surface area contributed by atoms with E-state index in [2.05, 4.69) is 0 Å². The fourth-order valence-corrected chi connectivity index (χ4v) is 4.23. The molecule has 0 N–H and O–H groups in total. The summed E-state index contributed by atoms with van der Waals surface area (Å²) in [5, 5.41) is 0. The molecule has 6 heteroatoms. The highest BCUT2D eigenvalue weighted by atomic mass is 16.5. The number of amides is 2. The van der Waals surface area contributed by atoms with E-state index < -0.39 is 5.97 Å². The second kappa shape index (κ2) is 9.25. The molecule has 2 aliphatic heterocycles. The third-order valence-corrected chi connectivity index (χ3v) is 5.76. The minimum absolute atomic E-state index is 0.0197. The van der Waals surface area contributed by atoms with Gasteiger partial charge in [0.1, 0.15) is 6.54 Å². The minimum Gasteiger partial charge on any atom is -0.463 e. The number of likely N-dealkylation sites (tertiary alicyclic amines) is 1. The molecule has 0 aliphatic carbocycles. The fourth-order valence-electron chi connectivity index (χ4n) is 4.23. The number of benzene rings is 1. The minimum atomic E-state index is -0.417. The van der Waals surface area contributed by atoms with Crippen molar-refractivity contribution < 1.29 is 19.1 Å². The second-order valence-electron chi connectivity index (χ2n) is 7.81. The van der Waals surface area contributed by atoms with Crippen LogP contribution in [-0.4, -0.2) is 53.8 Å². The van der Waals surface area contributed by atoms with Gasteiger partial charge in [-0.15, -0.1) is 0 Å². The molecule has 1 fully saturated rings. The number of carbonyl (C=O) groups excluding carboxylic acids is 3. The van der Waals surface area contributed by atoms with Gasteiger partial charge in [-0.25, -0.2) is 4.79 Å². The number of nitrogens with zero attached hydrogens (tertiary/aromatic N) is 2. The van der Waals surface area contributed by atoms with Gasteiger partial charge in [0.25, 0.3) is 0 Å². The van der Waals surface area contributed by atoms with Crippen LogP contribution in [-0.2, 0) is 19.1 Å². The van der Waals surface area contributed by atoms with Gasteiger partial charge in [0, 0.05) is 31.1 Å². The molecule has 0 saturated carbocycles. The lowest BCUT2D eigenvalue weighted by Gasteiger charge is -2.36. The number of hydrogen-bond donors (Lipinski definition) is 0. The normalized spacial score (nSPS) is 20.1. The van der Waals surface area contributed by atoms with Gasteiger partial charge in [-0.2, -0.15) is 0 Å². The first-order chi connectivity index (χ1) is 13.9. The van der Waals surface area contributed by atoms with Crippen molar-refractivity contribution in [3.8, 4) is 0 Å². The van der Waals surface area contributed by atoms with Gasteiger partial charge in [0.15, 0.2) is 0 Å². The zero-order chi connectivity index (χ0) is 21.0. The molecule has 0 aromatic heterocycles. The van der Waals surface area contributed by atoms with E-state index >= 15 is 0 Å². The molecule has 0 radical (unpaired) electrons. The van der Waals surface area contributed by atoms with E-state index in [1.54, 1.807) is 13.8 Å². The fraction of sp³-hybridized carbons (Fsp3) is 0.522. The van der Waals surface area contributed by atoms with Gasteiger partial charge in [0.2, 0.25) is 11.8 Å². The lowest BCUT2D eigenvalue weighted by molar-refractivity contribution is -0.142. The molecule has 156 valence electrons. The molecular formula is C23H30N2O4. The van der Waals surface area contributed by atoms with Crippen LogP contribution in [0.2, 0.25) is 0 Å². The smallest absolute Gasteiger partial charge is 0.336 e. The number of allylic oxidation sites excluding steroid dienone is 1. The van der Waals surface area contributed by atoms with Crippen LogP contribution in [0, 0.1) is 6.92 Å². The van der Waals surface area contributed by atoms with Gasteiger partial charge >= 0.3 is 5.97 Å². The summed E-state index contributed by atoms with van der Waals surface area (Å²) < 4.78 is 5.31. The average Bonchev–Trinajstić information content (AvgIpc) is 2.71. The van der Waals surface area contributed by atoms with Gasteiger partial charge in [-0.05, 0) is 45.6 Å². The molecule has 1 unspecified atom stereocenters. The molecule has 0 spiro atoms. The highest BCUT2D eigenvalue weighted by Gasteiger charge is 2.38. The first kappa shape index (κ1) is 21.1. The standard InChI is InChI=1S/C23H30N2O4/c1-4-29-23(28)22-17(3)25(15-21(27)24-11-6-5-7-12-24)20(26)14-19(22)18-10-8-9-16(2)13-18/h8-10,13,19H,4-7,11-12,14-15H2,1-3H3. The molecule has 1 atom stereocenters. The van der Waals surface area contributed by atoms with Gasteiger partial charge < -0.3 is 14.5 Å². The topological polar surface area (TPSA) is 66.9 Å². The predicted octanol–water partition coefficient (Wildman–Crippen LogP) is 3.16. The Kier molecular flexibility index (Phi) is 6.72. The van der Waals surface area contributed by atoms with Crippen molar-refractivity contribution in [3.05, 3.63) is 46.7 Å². The quantitative estimate of drug-likeness (QED) is 0.715. The largest absolute Gasteiger partial charge is 0.463 e. The Bertz CT molecular complexity index is 824. The summed E-state index contributed by atoms with van der Waals surface area (Å²) in [5.74, 6) is -0.968. The first-order valence-corrected chi connectivity index (χ1v) is 10.4. The van der Waals surface area contributed by atoms with E-state index in [0.717, 1.165) is 43.5 Å². The maximum Gasteiger partial charge on any atom is 0.336 e. The van der Waals surface area contributed by atoms with E-state index in [1.807, 2.05) is 36.1 Å². The molecule has 3 rings (SSSR count). The Morgan fingerprint density at radius 3 is 2.52 bits per heavy atom.